The van der Waals surface area contributed by atoms with Gasteiger partial charge in [0.1, 0.15) is 0 Å². The minimum Gasteiger partial charge on any atom is -0.396 e. The van der Waals surface area contributed by atoms with Crippen molar-refractivity contribution in [3.8, 4) is 0 Å². The topological polar surface area (TPSA) is 75.5 Å². The molecule has 0 spiro atoms. The highest BCUT2D eigenvalue weighted by molar-refractivity contribution is 6.33. The lowest BCUT2D eigenvalue weighted by Gasteiger charge is -2.09. The van der Waals surface area contributed by atoms with E-state index < -0.39 is 28.8 Å². The molecular formula is C26H13F4N5. The highest BCUT2D eigenvalue weighted by Gasteiger charge is 2.29. The second-order valence-corrected chi connectivity index (χ2v) is 7.98. The molecule has 0 unspecified atom stereocenters. The summed E-state index contributed by atoms with van der Waals surface area (Å²) in [6.45, 7) is 0. The third-order valence-corrected chi connectivity index (χ3v) is 5.62. The molecule has 35 heavy (non-hydrogen) atoms. The van der Waals surface area contributed by atoms with Crippen LogP contribution in [0.5, 0.6) is 0 Å². The Hall–Kier alpha value is -4.66. The van der Waals surface area contributed by atoms with Crippen molar-refractivity contribution < 1.29 is 17.6 Å². The van der Waals surface area contributed by atoms with Crippen molar-refractivity contribution in [2.45, 2.75) is 0 Å². The fraction of sp³-hybridized carbons (Fsp3) is 0. The summed E-state index contributed by atoms with van der Waals surface area (Å²) in [5.41, 5.74) is 9.57. The maximum absolute atomic E-state index is 14.8. The number of aliphatic imine (C=N–C) groups is 4. The van der Waals surface area contributed by atoms with Crippen molar-refractivity contribution in [3.63, 3.8) is 0 Å². The van der Waals surface area contributed by atoms with Gasteiger partial charge in [-0.05, 0) is 66.8 Å². The van der Waals surface area contributed by atoms with Gasteiger partial charge in [-0.15, -0.1) is 0 Å². The number of hydrogen-bond donors (Lipinski definition) is 1. The first-order valence-electron chi connectivity index (χ1n) is 10.5. The van der Waals surface area contributed by atoms with Crippen LogP contribution in [0.15, 0.2) is 115 Å². The monoisotopic (exact) mass is 471 g/mol. The zero-order valence-corrected chi connectivity index (χ0v) is 17.7. The standard InChI is InChI=1S/C26H13F4N5/c27-19-11-18(23(28)25(30)24(19)29)22-20-9-16-5-3-14(33-16)7-12-1-2-13(32-12)8-15-4-6-17(34-15)10-21(35-20)26(22)31/h1-11H,31H2. The molecule has 0 atom stereocenters. The lowest BCUT2D eigenvalue weighted by Crippen LogP contribution is -2.09. The third kappa shape index (κ3) is 3.57. The number of halogens is 4. The number of fused-ring (bicyclic) bond motifs is 4. The van der Waals surface area contributed by atoms with Gasteiger partial charge in [0.2, 0.25) is 0 Å². The molecule has 5 heterocycles. The van der Waals surface area contributed by atoms with Gasteiger partial charge in [0.15, 0.2) is 23.3 Å². The SMILES string of the molecule is NC1=C(c2cc(F)c(F)c(F)c2F)C2=NC1=CC1=NC(=CC3=NC(=CC4=NC(=C2)C=C4)C=C3)C=C1. The largest absolute Gasteiger partial charge is 0.396 e. The molecule has 2 N–H and O–H groups in total. The summed E-state index contributed by atoms with van der Waals surface area (Å²) in [4.78, 5) is 18.0. The van der Waals surface area contributed by atoms with Crippen molar-refractivity contribution in [3.05, 3.63) is 124 Å². The fourth-order valence-corrected chi connectivity index (χ4v) is 4.01. The van der Waals surface area contributed by atoms with Crippen molar-refractivity contribution >= 4 is 28.4 Å². The molecule has 0 aliphatic carbocycles. The van der Waals surface area contributed by atoms with E-state index in [0.717, 1.165) is 5.71 Å². The lowest BCUT2D eigenvalue weighted by molar-refractivity contribution is 0.408. The van der Waals surface area contributed by atoms with Gasteiger partial charge < -0.3 is 5.73 Å². The highest BCUT2D eigenvalue weighted by Crippen LogP contribution is 2.35. The van der Waals surface area contributed by atoms with E-state index in [2.05, 4.69) is 20.0 Å². The van der Waals surface area contributed by atoms with E-state index in [9.17, 15) is 17.6 Å². The molecule has 6 rings (SSSR count). The highest BCUT2D eigenvalue weighted by atomic mass is 19.2. The lowest BCUT2D eigenvalue weighted by atomic mass is 9.98. The molecule has 5 nitrogen and oxygen atoms in total. The Balaban J connectivity index is 1.57. The average molecular weight is 471 g/mol. The van der Waals surface area contributed by atoms with Crippen LogP contribution in [0.1, 0.15) is 5.56 Å². The van der Waals surface area contributed by atoms with E-state index in [1.807, 2.05) is 12.2 Å². The quantitative estimate of drug-likeness (QED) is 0.351. The molecule has 0 radical (unpaired) electrons. The first-order chi connectivity index (χ1) is 16.9. The molecule has 0 saturated carbocycles. The summed E-state index contributed by atoms with van der Waals surface area (Å²) in [6, 6.07) is 0.564. The molecule has 0 amide bonds. The third-order valence-electron chi connectivity index (χ3n) is 5.62. The van der Waals surface area contributed by atoms with E-state index in [-0.39, 0.29) is 22.7 Å². The summed E-state index contributed by atoms with van der Waals surface area (Å²) in [5.74, 6) is -6.95. The van der Waals surface area contributed by atoms with Crippen LogP contribution in [0.2, 0.25) is 0 Å². The summed E-state index contributed by atoms with van der Waals surface area (Å²) >= 11 is 0. The summed E-state index contributed by atoms with van der Waals surface area (Å²) < 4.78 is 56.5. The predicted molar refractivity (Wildman–Crippen MR) is 127 cm³/mol. The Bertz CT molecular complexity index is 1620. The molecule has 0 fully saturated rings. The Morgan fingerprint density at radius 1 is 0.571 bits per heavy atom. The van der Waals surface area contributed by atoms with Crippen LogP contribution in [-0.4, -0.2) is 22.8 Å². The van der Waals surface area contributed by atoms with E-state index in [1.165, 1.54) is 6.08 Å². The van der Waals surface area contributed by atoms with Crippen molar-refractivity contribution in [2.75, 3.05) is 0 Å². The van der Waals surface area contributed by atoms with Crippen molar-refractivity contribution in [1.82, 2.24) is 0 Å². The number of benzene rings is 1. The molecule has 170 valence electrons. The number of allylic oxidation sites excluding steroid dienone is 11. The zero-order chi connectivity index (χ0) is 24.3. The van der Waals surface area contributed by atoms with Gasteiger partial charge in [-0.2, -0.15) is 0 Å². The number of hydrogen-bond acceptors (Lipinski definition) is 5. The first-order valence-corrected chi connectivity index (χ1v) is 10.5. The summed E-state index contributed by atoms with van der Waals surface area (Å²) in [6.07, 6.45) is 17.3. The van der Waals surface area contributed by atoms with Gasteiger partial charge in [0.05, 0.1) is 51.3 Å². The molecule has 0 aromatic heterocycles. The van der Waals surface area contributed by atoms with Crippen LogP contribution in [0.25, 0.3) is 5.57 Å². The van der Waals surface area contributed by atoms with Gasteiger partial charge in [-0.25, -0.2) is 37.5 Å². The summed E-state index contributed by atoms with van der Waals surface area (Å²) in [5, 5.41) is 0. The summed E-state index contributed by atoms with van der Waals surface area (Å²) in [7, 11) is 0. The Kier molecular flexibility index (Phi) is 4.60. The molecule has 5 aliphatic heterocycles. The molecule has 5 aliphatic rings. The van der Waals surface area contributed by atoms with Crippen LogP contribution in [0.4, 0.5) is 17.6 Å². The fourth-order valence-electron chi connectivity index (χ4n) is 4.01. The maximum Gasteiger partial charge on any atom is 0.198 e. The molecule has 0 saturated heterocycles. The normalized spacial score (nSPS) is 19.9. The van der Waals surface area contributed by atoms with E-state index in [1.54, 1.807) is 42.5 Å². The first kappa shape index (κ1) is 20.9. The van der Waals surface area contributed by atoms with E-state index in [4.69, 9.17) is 5.73 Å². The minimum atomic E-state index is -1.93. The minimum absolute atomic E-state index is 0.0429. The van der Waals surface area contributed by atoms with Crippen LogP contribution in [0.3, 0.4) is 0 Å². The average Bonchev–Trinajstić information content (AvgIpc) is 3.61. The zero-order valence-electron chi connectivity index (χ0n) is 17.7. The van der Waals surface area contributed by atoms with Crippen LogP contribution in [-0.2, 0) is 0 Å². The van der Waals surface area contributed by atoms with Gasteiger partial charge in [0, 0.05) is 11.1 Å². The van der Waals surface area contributed by atoms with E-state index >= 15 is 0 Å². The molecule has 8 bridgehead atoms. The van der Waals surface area contributed by atoms with Crippen molar-refractivity contribution in [1.29, 1.82) is 0 Å². The number of rotatable bonds is 1. The number of nitrogens with zero attached hydrogens (tertiary/aromatic N) is 4. The second-order valence-electron chi connectivity index (χ2n) is 7.98. The second kappa shape index (κ2) is 7.69. The van der Waals surface area contributed by atoms with Crippen LogP contribution < -0.4 is 5.73 Å². The van der Waals surface area contributed by atoms with Crippen molar-refractivity contribution in [2.24, 2.45) is 25.7 Å². The van der Waals surface area contributed by atoms with Crippen LogP contribution >= 0.6 is 0 Å². The Labute approximate surface area is 196 Å². The molecule has 1 aromatic carbocycles. The molecule has 9 heteroatoms. The maximum atomic E-state index is 14.8. The predicted octanol–water partition coefficient (Wildman–Crippen LogP) is 4.95. The molecule has 1 aromatic rings. The van der Waals surface area contributed by atoms with Gasteiger partial charge >= 0.3 is 0 Å². The Morgan fingerprint density at radius 3 is 1.71 bits per heavy atom. The Morgan fingerprint density at radius 2 is 1.11 bits per heavy atom. The van der Waals surface area contributed by atoms with Gasteiger partial charge in [-0.3, -0.25) is 0 Å². The van der Waals surface area contributed by atoms with Gasteiger partial charge in [-0.1, -0.05) is 0 Å². The van der Waals surface area contributed by atoms with Gasteiger partial charge in [0.25, 0.3) is 0 Å². The van der Waals surface area contributed by atoms with E-state index in [0.29, 0.717) is 34.6 Å². The smallest absolute Gasteiger partial charge is 0.198 e. The molecular weight excluding hydrogens is 458 g/mol. The number of nitrogens with two attached hydrogens (primary N) is 1. The van der Waals surface area contributed by atoms with Crippen LogP contribution in [0, 0.1) is 23.3 Å².